The molecule has 0 spiro atoms. The molecule has 0 radical (unpaired) electrons. The van der Waals surface area contributed by atoms with Gasteiger partial charge in [0.05, 0.1) is 6.04 Å². The van der Waals surface area contributed by atoms with Crippen LogP contribution in [0.2, 0.25) is 0 Å². The van der Waals surface area contributed by atoms with Crippen LogP contribution in [-0.2, 0) is 11.3 Å². The van der Waals surface area contributed by atoms with Crippen LogP contribution in [0.4, 0.5) is 0 Å². The van der Waals surface area contributed by atoms with Crippen LogP contribution in [-0.4, -0.2) is 16.9 Å². The second-order valence-corrected chi connectivity index (χ2v) is 5.66. The van der Waals surface area contributed by atoms with Crippen LogP contribution < -0.4 is 16.6 Å². The summed E-state index contributed by atoms with van der Waals surface area (Å²) >= 11 is 0. The Balaban J connectivity index is 2.13. The van der Waals surface area contributed by atoms with Crippen molar-refractivity contribution in [1.82, 2.24) is 10.3 Å². The summed E-state index contributed by atoms with van der Waals surface area (Å²) in [6, 6.07) is 8.51. The van der Waals surface area contributed by atoms with Crippen LogP contribution in [0.15, 0.2) is 35.1 Å². The summed E-state index contributed by atoms with van der Waals surface area (Å²) in [6.07, 6.45) is 0.641. The monoisotopic (exact) mass is 287 g/mol. The Morgan fingerprint density at radius 1 is 1.33 bits per heavy atom. The number of aromatic amines is 1. The summed E-state index contributed by atoms with van der Waals surface area (Å²) in [7, 11) is 0. The number of nitrogens with two attached hydrogens (primary N) is 1. The molecule has 5 heteroatoms. The van der Waals surface area contributed by atoms with E-state index in [2.05, 4.69) is 10.3 Å². The summed E-state index contributed by atoms with van der Waals surface area (Å²) in [4.78, 5) is 26.4. The van der Waals surface area contributed by atoms with Gasteiger partial charge in [-0.05, 0) is 24.0 Å². The summed E-state index contributed by atoms with van der Waals surface area (Å²) in [5.41, 5.74) is 7.22. The lowest BCUT2D eigenvalue weighted by molar-refractivity contribution is -0.122. The molecule has 112 valence electrons. The van der Waals surface area contributed by atoms with Gasteiger partial charge in [0, 0.05) is 23.5 Å². The van der Waals surface area contributed by atoms with Crippen LogP contribution in [0.5, 0.6) is 0 Å². The molecule has 1 aromatic heterocycles. The highest BCUT2D eigenvalue weighted by atomic mass is 16.2. The molecule has 2 aromatic rings. The van der Waals surface area contributed by atoms with Crippen molar-refractivity contribution in [2.24, 2.45) is 11.7 Å². The lowest BCUT2D eigenvalue weighted by Gasteiger charge is -2.14. The number of H-pyrrole nitrogens is 1. The molecule has 21 heavy (non-hydrogen) atoms. The van der Waals surface area contributed by atoms with E-state index < -0.39 is 6.04 Å². The predicted molar refractivity (Wildman–Crippen MR) is 83.8 cm³/mol. The first-order valence-corrected chi connectivity index (χ1v) is 7.11. The van der Waals surface area contributed by atoms with Gasteiger partial charge in [-0.15, -0.1) is 0 Å². The third-order valence-corrected chi connectivity index (χ3v) is 3.35. The Labute approximate surface area is 123 Å². The van der Waals surface area contributed by atoms with Crippen molar-refractivity contribution in [3.8, 4) is 0 Å². The van der Waals surface area contributed by atoms with Gasteiger partial charge in [-0.3, -0.25) is 9.59 Å². The molecular formula is C16H21N3O2. The molecule has 0 aliphatic heterocycles. The highest BCUT2D eigenvalue weighted by molar-refractivity contribution is 5.84. The van der Waals surface area contributed by atoms with E-state index in [1.807, 2.05) is 38.1 Å². The second-order valence-electron chi connectivity index (χ2n) is 5.66. The Kier molecular flexibility index (Phi) is 4.75. The minimum Gasteiger partial charge on any atom is -0.351 e. The predicted octanol–water partition coefficient (Wildman–Crippen LogP) is 1.52. The highest BCUT2D eigenvalue weighted by Gasteiger charge is 2.15. The lowest BCUT2D eigenvalue weighted by Crippen LogP contribution is -2.41. The number of rotatable bonds is 5. The number of carbonyl (C=O) groups is 1. The van der Waals surface area contributed by atoms with E-state index in [-0.39, 0.29) is 11.5 Å². The molecule has 4 N–H and O–H groups in total. The molecule has 5 nitrogen and oxygen atoms in total. The number of carbonyl (C=O) groups excluding carboxylic acids is 1. The number of para-hydroxylation sites is 1. The van der Waals surface area contributed by atoms with E-state index in [9.17, 15) is 9.59 Å². The molecule has 0 saturated heterocycles. The molecule has 0 aliphatic rings. The van der Waals surface area contributed by atoms with E-state index >= 15 is 0 Å². The molecule has 1 aromatic carbocycles. The summed E-state index contributed by atoms with van der Waals surface area (Å²) in [6.45, 7) is 4.35. The maximum Gasteiger partial charge on any atom is 0.248 e. The van der Waals surface area contributed by atoms with Crippen molar-refractivity contribution in [3.05, 3.63) is 46.2 Å². The molecule has 0 bridgehead atoms. The standard InChI is InChI=1S/C16H21N3O2/c1-10(2)7-13(17)16(21)18-9-11-8-15(20)19-14-6-4-3-5-12(11)14/h3-6,8,10,13H,7,9,17H2,1-2H3,(H,18,21)(H,19,20)/t13-/m0/s1. The smallest absolute Gasteiger partial charge is 0.248 e. The largest absolute Gasteiger partial charge is 0.351 e. The van der Waals surface area contributed by atoms with Gasteiger partial charge in [0.2, 0.25) is 11.5 Å². The number of hydrogen-bond donors (Lipinski definition) is 3. The van der Waals surface area contributed by atoms with Crippen molar-refractivity contribution in [3.63, 3.8) is 0 Å². The van der Waals surface area contributed by atoms with Gasteiger partial charge in [0.1, 0.15) is 0 Å². The molecule has 0 aliphatic carbocycles. The molecule has 0 unspecified atom stereocenters. The number of aromatic nitrogens is 1. The number of benzene rings is 1. The number of pyridine rings is 1. The van der Waals surface area contributed by atoms with Crippen molar-refractivity contribution in [2.75, 3.05) is 0 Å². The zero-order chi connectivity index (χ0) is 15.4. The molecule has 1 amide bonds. The van der Waals surface area contributed by atoms with Gasteiger partial charge >= 0.3 is 0 Å². The fourth-order valence-electron chi connectivity index (χ4n) is 2.35. The Bertz CT molecular complexity index is 691. The molecule has 1 atom stereocenters. The van der Waals surface area contributed by atoms with Crippen LogP contribution >= 0.6 is 0 Å². The summed E-state index contributed by atoms with van der Waals surface area (Å²) < 4.78 is 0. The first-order chi connectivity index (χ1) is 9.97. The van der Waals surface area contributed by atoms with E-state index in [4.69, 9.17) is 5.73 Å². The van der Waals surface area contributed by atoms with Crippen LogP contribution in [0.1, 0.15) is 25.8 Å². The Morgan fingerprint density at radius 3 is 2.76 bits per heavy atom. The first-order valence-electron chi connectivity index (χ1n) is 7.11. The fraction of sp³-hybridized carbons (Fsp3) is 0.375. The van der Waals surface area contributed by atoms with Gasteiger partial charge in [0.25, 0.3) is 0 Å². The quantitative estimate of drug-likeness (QED) is 0.779. The second kappa shape index (κ2) is 6.54. The van der Waals surface area contributed by atoms with E-state index in [1.54, 1.807) is 0 Å². The van der Waals surface area contributed by atoms with Gasteiger partial charge in [-0.2, -0.15) is 0 Å². The zero-order valence-corrected chi connectivity index (χ0v) is 12.3. The van der Waals surface area contributed by atoms with Gasteiger partial charge < -0.3 is 16.0 Å². The minimum atomic E-state index is -0.515. The lowest BCUT2D eigenvalue weighted by atomic mass is 10.0. The highest BCUT2D eigenvalue weighted by Crippen LogP contribution is 2.14. The van der Waals surface area contributed by atoms with E-state index in [0.29, 0.717) is 18.9 Å². The molecule has 0 fully saturated rings. The van der Waals surface area contributed by atoms with Gasteiger partial charge in [0.15, 0.2) is 0 Å². The average molecular weight is 287 g/mol. The third kappa shape index (κ3) is 3.92. The van der Waals surface area contributed by atoms with Crippen molar-refractivity contribution in [2.45, 2.75) is 32.9 Å². The van der Waals surface area contributed by atoms with Crippen LogP contribution in [0, 0.1) is 5.92 Å². The van der Waals surface area contributed by atoms with Crippen LogP contribution in [0.25, 0.3) is 10.9 Å². The van der Waals surface area contributed by atoms with Gasteiger partial charge in [-0.25, -0.2) is 0 Å². The molecule has 0 saturated carbocycles. The molecular weight excluding hydrogens is 266 g/mol. The fourth-order valence-corrected chi connectivity index (χ4v) is 2.35. The maximum atomic E-state index is 12.0. The molecule has 2 rings (SSSR count). The average Bonchev–Trinajstić information content (AvgIpc) is 2.43. The normalized spacial score (nSPS) is 12.6. The Morgan fingerprint density at radius 2 is 2.05 bits per heavy atom. The zero-order valence-electron chi connectivity index (χ0n) is 12.3. The maximum absolute atomic E-state index is 12.0. The van der Waals surface area contributed by atoms with Crippen LogP contribution in [0.3, 0.4) is 0 Å². The van der Waals surface area contributed by atoms with E-state index in [1.165, 1.54) is 6.07 Å². The first kappa shape index (κ1) is 15.3. The number of fused-ring (bicyclic) bond motifs is 1. The van der Waals surface area contributed by atoms with Crippen molar-refractivity contribution in [1.29, 1.82) is 0 Å². The molecule has 1 heterocycles. The topological polar surface area (TPSA) is 88.0 Å². The van der Waals surface area contributed by atoms with E-state index in [0.717, 1.165) is 16.5 Å². The summed E-state index contributed by atoms with van der Waals surface area (Å²) in [5, 5.41) is 3.73. The SMILES string of the molecule is CC(C)C[C@H](N)C(=O)NCc1cc(=O)[nH]c2ccccc12. The number of nitrogens with one attached hydrogen (secondary N) is 2. The Hall–Kier alpha value is -2.14. The summed E-state index contributed by atoms with van der Waals surface area (Å²) in [5.74, 6) is 0.180. The number of amides is 1. The number of hydrogen-bond acceptors (Lipinski definition) is 3. The van der Waals surface area contributed by atoms with Crippen molar-refractivity contribution >= 4 is 16.8 Å². The minimum absolute atomic E-state index is 0.176. The third-order valence-electron chi connectivity index (χ3n) is 3.35. The van der Waals surface area contributed by atoms with Crippen molar-refractivity contribution < 1.29 is 4.79 Å². The van der Waals surface area contributed by atoms with Gasteiger partial charge in [-0.1, -0.05) is 32.0 Å².